The predicted octanol–water partition coefficient (Wildman–Crippen LogP) is 3.66. The van der Waals surface area contributed by atoms with E-state index in [1.165, 1.54) is 24.3 Å². The molecule has 0 saturated heterocycles. The average molecular weight is 382 g/mol. The normalized spacial score (nSPS) is 12.7. The first-order valence-electron chi connectivity index (χ1n) is 7.17. The molecule has 0 spiro atoms. The molecule has 1 aliphatic rings. The molecule has 1 amide bonds. The highest BCUT2D eigenvalue weighted by Gasteiger charge is 2.25. The third-order valence-corrected chi connectivity index (χ3v) is 3.53. The smallest absolute Gasteiger partial charge is 0.266 e. The highest BCUT2D eigenvalue weighted by Crippen LogP contribution is 2.34. The number of carbonyl (C=O) groups excluding carboxylic acids is 1. The number of halogens is 5. The van der Waals surface area contributed by atoms with E-state index in [0.29, 0.717) is 11.5 Å². The number of anilines is 1. The van der Waals surface area contributed by atoms with Gasteiger partial charge >= 0.3 is 0 Å². The zero-order valence-corrected chi connectivity index (χ0v) is 13.1. The van der Waals surface area contributed by atoms with Crippen molar-refractivity contribution in [1.29, 1.82) is 5.26 Å². The Morgan fingerprint density at radius 3 is 2.22 bits per heavy atom. The summed E-state index contributed by atoms with van der Waals surface area (Å²) in [5.41, 5.74) is -2.12. The SMILES string of the molecule is N#C/C(=C\c1c(F)c(F)c(F)c(F)c1F)C(=O)Nc1ccc2c(c1)OCO2. The van der Waals surface area contributed by atoms with Crippen LogP contribution >= 0.6 is 0 Å². The molecule has 0 unspecified atom stereocenters. The molecule has 138 valence electrons. The van der Waals surface area contributed by atoms with Gasteiger partial charge in [0.1, 0.15) is 11.6 Å². The monoisotopic (exact) mass is 382 g/mol. The van der Waals surface area contributed by atoms with Crippen molar-refractivity contribution in [2.75, 3.05) is 12.1 Å². The van der Waals surface area contributed by atoms with Gasteiger partial charge in [-0.2, -0.15) is 5.26 Å². The molecule has 10 heteroatoms. The minimum atomic E-state index is -2.34. The van der Waals surface area contributed by atoms with Crippen LogP contribution in [-0.4, -0.2) is 12.7 Å². The topological polar surface area (TPSA) is 71.4 Å². The summed E-state index contributed by atoms with van der Waals surface area (Å²) in [6.07, 6.45) is 0.276. The maximum absolute atomic E-state index is 13.7. The number of fused-ring (bicyclic) bond motifs is 1. The number of ether oxygens (including phenoxy) is 2. The van der Waals surface area contributed by atoms with E-state index in [-0.39, 0.29) is 18.6 Å². The molecule has 0 radical (unpaired) electrons. The maximum atomic E-state index is 13.7. The van der Waals surface area contributed by atoms with Crippen molar-refractivity contribution in [2.45, 2.75) is 0 Å². The van der Waals surface area contributed by atoms with Gasteiger partial charge in [-0.25, -0.2) is 22.0 Å². The lowest BCUT2D eigenvalue weighted by atomic mass is 10.1. The third kappa shape index (κ3) is 3.27. The van der Waals surface area contributed by atoms with Gasteiger partial charge in [0.15, 0.2) is 34.8 Å². The van der Waals surface area contributed by atoms with Crippen LogP contribution in [0.4, 0.5) is 27.6 Å². The summed E-state index contributed by atoms with van der Waals surface area (Å²) in [6, 6.07) is 5.59. The second-order valence-corrected chi connectivity index (χ2v) is 5.18. The summed E-state index contributed by atoms with van der Waals surface area (Å²) >= 11 is 0. The van der Waals surface area contributed by atoms with E-state index >= 15 is 0 Å². The van der Waals surface area contributed by atoms with Crippen molar-refractivity contribution in [3.63, 3.8) is 0 Å². The molecule has 1 heterocycles. The van der Waals surface area contributed by atoms with Gasteiger partial charge in [-0.3, -0.25) is 4.79 Å². The van der Waals surface area contributed by atoms with Gasteiger partial charge in [0.05, 0.1) is 5.56 Å². The van der Waals surface area contributed by atoms with Gasteiger partial charge < -0.3 is 14.8 Å². The van der Waals surface area contributed by atoms with Gasteiger partial charge in [-0.1, -0.05) is 0 Å². The van der Waals surface area contributed by atoms with Crippen molar-refractivity contribution in [2.24, 2.45) is 0 Å². The van der Waals surface area contributed by atoms with E-state index in [0.717, 1.165) is 0 Å². The number of hydrogen-bond donors (Lipinski definition) is 1. The van der Waals surface area contributed by atoms with Crippen LogP contribution in [0, 0.1) is 40.4 Å². The second-order valence-electron chi connectivity index (χ2n) is 5.18. The first-order chi connectivity index (χ1) is 12.8. The van der Waals surface area contributed by atoms with Gasteiger partial charge in [0, 0.05) is 11.8 Å². The van der Waals surface area contributed by atoms with Crippen LogP contribution < -0.4 is 14.8 Å². The molecule has 1 N–H and O–H groups in total. The largest absolute Gasteiger partial charge is 0.454 e. The molecule has 3 rings (SSSR count). The molecule has 0 aliphatic carbocycles. The Labute approximate surface area is 148 Å². The summed E-state index contributed by atoms with van der Waals surface area (Å²) < 4.78 is 77.1. The zero-order chi connectivity index (χ0) is 19.7. The van der Waals surface area contributed by atoms with E-state index in [2.05, 4.69) is 5.32 Å². The van der Waals surface area contributed by atoms with Gasteiger partial charge in [0.25, 0.3) is 5.91 Å². The van der Waals surface area contributed by atoms with E-state index < -0.39 is 46.1 Å². The number of benzene rings is 2. The van der Waals surface area contributed by atoms with Crippen molar-refractivity contribution in [3.05, 3.63) is 58.4 Å². The van der Waals surface area contributed by atoms with Crippen molar-refractivity contribution >= 4 is 17.7 Å². The first-order valence-corrected chi connectivity index (χ1v) is 7.17. The van der Waals surface area contributed by atoms with Crippen LogP contribution in [0.15, 0.2) is 23.8 Å². The van der Waals surface area contributed by atoms with Gasteiger partial charge in [0.2, 0.25) is 12.6 Å². The Balaban J connectivity index is 1.93. The Morgan fingerprint density at radius 2 is 1.59 bits per heavy atom. The molecule has 0 atom stereocenters. The molecule has 27 heavy (non-hydrogen) atoms. The van der Waals surface area contributed by atoms with Crippen LogP contribution in [0.5, 0.6) is 11.5 Å². The van der Waals surface area contributed by atoms with Crippen molar-refractivity contribution in [1.82, 2.24) is 0 Å². The Kier molecular flexibility index (Phi) is 4.68. The number of rotatable bonds is 3. The predicted molar refractivity (Wildman–Crippen MR) is 81.0 cm³/mol. The van der Waals surface area contributed by atoms with Crippen LogP contribution in [0.2, 0.25) is 0 Å². The lowest BCUT2D eigenvalue weighted by Crippen LogP contribution is -2.14. The summed E-state index contributed by atoms with van der Waals surface area (Å²) in [5.74, 6) is -11.4. The highest BCUT2D eigenvalue weighted by atomic mass is 19.2. The zero-order valence-electron chi connectivity index (χ0n) is 13.1. The number of nitrogens with zero attached hydrogens (tertiary/aromatic N) is 1. The Bertz CT molecular complexity index is 1000. The molecular weight excluding hydrogens is 375 g/mol. The molecule has 2 aromatic rings. The maximum Gasteiger partial charge on any atom is 0.266 e. The van der Waals surface area contributed by atoms with E-state index in [4.69, 9.17) is 14.7 Å². The minimum absolute atomic E-state index is 0.0175. The van der Waals surface area contributed by atoms with E-state index in [1.54, 1.807) is 0 Å². The summed E-state index contributed by atoms with van der Waals surface area (Å²) in [5, 5.41) is 11.3. The first kappa shape index (κ1) is 18.2. The number of hydrogen-bond acceptors (Lipinski definition) is 4. The van der Waals surface area contributed by atoms with Crippen LogP contribution in [-0.2, 0) is 4.79 Å². The molecule has 0 bridgehead atoms. The molecule has 5 nitrogen and oxygen atoms in total. The molecule has 2 aromatic carbocycles. The Morgan fingerprint density at radius 1 is 1.00 bits per heavy atom. The number of amides is 1. The minimum Gasteiger partial charge on any atom is -0.454 e. The van der Waals surface area contributed by atoms with E-state index in [9.17, 15) is 26.7 Å². The van der Waals surface area contributed by atoms with Gasteiger partial charge in [-0.15, -0.1) is 0 Å². The standard InChI is InChI=1S/C17H7F5N2O3/c18-12-9(13(19)15(21)16(22)14(12)20)3-7(5-23)17(25)24-8-1-2-10-11(4-8)27-6-26-10/h1-4H,6H2,(H,24,25)/b7-3+. The van der Waals surface area contributed by atoms with Crippen LogP contribution in [0.1, 0.15) is 5.56 Å². The quantitative estimate of drug-likeness (QED) is 0.289. The van der Waals surface area contributed by atoms with Crippen LogP contribution in [0.25, 0.3) is 6.08 Å². The molecule has 0 fully saturated rings. The summed E-state index contributed by atoms with van der Waals surface area (Å²) in [6.45, 7) is -0.0175. The fraction of sp³-hybridized carbons (Fsp3) is 0.0588. The second kappa shape index (κ2) is 6.95. The molecule has 0 saturated carbocycles. The number of nitrogens with one attached hydrogen (secondary N) is 1. The van der Waals surface area contributed by atoms with Crippen molar-refractivity contribution < 1.29 is 36.2 Å². The number of nitriles is 1. The van der Waals surface area contributed by atoms with Gasteiger partial charge in [-0.05, 0) is 18.2 Å². The lowest BCUT2D eigenvalue weighted by Gasteiger charge is -2.07. The van der Waals surface area contributed by atoms with Crippen molar-refractivity contribution in [3.8, 4) is 17.6 Å². The summed E-state index contributed by atoms with van der Waals surface area (Å²) in [4.78, 5) is 12.1. The highest BCUT2D eigenvalue weighted by molar-refractivity contribution is 6.09. The lowest BCUT2D eigenvalue weighted by molar-refractivity contribution is -0.112. The average Bonchev–Trinajstić information content (AvgIpc) is 3.12. The van der Waals surface area contributed by atoms with Crippen LogP contribution in [0.3, 0.4) is 0 Å². The molecule has 0 aromatic heterocycles. The molecule has 1 aliphatic heterocycles. The fourth-order valence-corrected chi connectivity index (χ4v) is 2.21. The Hall–Kier alpha value is -3.61. The number of carbonyl (C=O) groups is 1. The summed E-state index contributed by atoms with van der Waals surface area (Å²) in [7, 11) is 0. The van der Waals surface area contributed by atoms with E-state index in [1.807, 2.05) is 0 Å². The fourth-order valence-electron chi connectivity index (χ4n) is 2.21. The third-order valence-electron chi connectivity index (χ3n) is 3.53. The molecular formula is C17H7F5N2O3.